The van der Waals surface area contributed by atoms with Crippen LogP contribution in [-0.2, 0) is 9.53 Å². The van der Waals surface area contributed by atoms with Gasteiger partial charge in [-0.15, -0.1) is 0 Å². The van der Waals surface area contributed by atoms with Crippen LogP contribution in [0.5, 0.6) is 11.5 Å². The molecule has 1 atom stereocenters. The van der Waals surface area contributed by atoms with Crippen molar-refractivity contribution >= 4 is 29.3 Å². The molecular formula is C29H35N4O6S+. The number of anilines is 1. The smallest absolute Gasteiger partial charge is 0.338 e. The highest BCUT2D eigenvalue weighted by atomic mass is 32.1. The second kappa shape index (κ2) is 11.7. The number of likely N-dealkylation sites (N-methyl/N-ethyl adjacent to an activating group) is 1. The Morgan fingerprint density at radius 3 is 2.58 bits per heavy atom. The van der Waals surface area contributed by atoms with Crippen LogP contribution in [0.1, 0.15) is 38.1 Å². The molecule has 1 N–H and O–H groups in total. The van der Waals surface area contributed by atoms with Gasteiger partial charge < -0.3 is 28.4 Å². The number of piperazine rings is 1. The number of thiazole rings is 1. The van der Waals surface area contributed by atoms with E-state index in [4.69, 9.17) is 18.6 Å². The summed E-state index contributed by atoms with van der Waals surface area (Å²) in [4.78, 5) is 35.7. The predicted octanol–water partition coefficient (Wildman–Crippen LogP) is 1.13. The van der Waals surface area contributed by atoms with E-state index >= 15 is 0 Å². The molecule has 4 heterocycles. The van der Waals surface area contributed by atoms with Crippen LogP contribution < -0.4 is 34.2 Å². The van der Waals surface area contributed by atoms with Gasteiger partial charge >= 0.3 is 5.97 Å². The number of rotatable bonds is 8. The second-order valence-corrected chi connectivity index (χ2v) is 10.8. The van der Waals surface area contributed by atoms with Crippen LogP contribution in [0.15, 0.2) is 55.8 Å². The van der Waals surface area contributed by atoms with Gasteiger partial charge in [0.1, 0.15) is 5.76 Å². The van der Waals surface area contributed by atoms with Crippen LogP contribution in [0.3, 0.4) is 0 Å². The summed E-state index contributed by atoms with van der Waals surface area (Å²) in [5, 5.41) is 0. The first-order chi connectivity index (χ1) is 19.3. The van der Waals surface area contributed by atoms with Gasteiger partial charge in [0, 0.05) is 12.1 Å². The molecule has 1 fully saturated rings. The maximum Gasteiger partial charge on any atom is 0.338 e. The molecule has 1 unspecified atom stereocenters. The molecule has 2 aromatic heterocycles. The number of methoxy groups -OCH3 is 1. The van der Waals surface area contributed by atoms with Crippen LogP contribution in [-0.4, -0.2) is 64.1 Å². The molecular weight excluding hydrogens is 532 g/mol. The van der Waals surface area contributed by atoms with E-state index in [9.17, 15) is 9.59 Å². The average molecular weight is 568 g/mol. The molecule has 2 aliphatic rings. The van der Waals surface area contributed by atoms with Crippen molar-refractivity contribution in [3.8, 4) is 11.5 Å². The molecule has 0 radical (unpaired) electrons. The van der Waals surface area contributed by atoms with Crippen molar-refractivity contribution in [2.75, 3.05) is 58.5 Å². The van der Waals surface area contributed by atoms with Crippen molar-refractivity contribution in [3.05, 3.63) is 72.6 Å². The lowest BCUT2D eigenvalue weighted by Gasteiger charge is -2.29. The van der Waals surface area contributed by atoms with Crippen LogP contribution in [0, 0.1) is 0 Å². The molecule has 0 bridgehead atoms. The highest BCUT2D eigenvalue weighted by Crippen LogP contribution is 2.36. The number of fused-ring (bicyclic) bond motifs is 1. The first kappa shape index (κ1) is 27.7. The number of nitrogens with zero attached hydrogens (tertiary/aromatic N) is 3. The van der Waals surface area contributed by atoms with E-state index in [1.165, 1.54) is 23.3 Å². The minimum Gasteiger partial charge on any atom is -0.490 e. The lowest BCUT2D eigenvalue weighted by atomic mass is 9.95. The van der Waals surface area contributed by atoms with Gasteiger partial charge in [0.25, 0.3) is 5.56 Å². The van der Waals surface area contributed by atoms with Gasteiger partial charge in [-0.2, -0.15) is 0 Å². The highest BCUT2D eigenvalue weighted by Gasteiger charge is 2.33. The van der Waals surface area contributed by atoms with Gasteiger partial charge in [-0.25, -0.2) is 9.79 Å². The zero-order chi connectivity index (χ0) is 28.4. The van der Waals surface area contributed by atoms with Crippen molar-refractivity contribution in [3.63, 3.8) is 0 Å². The summed E-state index contributed by atoms with van der Waals surface area (Å²) in [6.45, 7) is 10.4. The van der Waals surface area contributed by atoms with E-state index in [1.807, 2.05) is 38.1 Å². The first-order valence-corrected chi connectivity index (χ1v) is 14.3. The number of esters is 1. The quantitative estimate of drug-likeness (QED) is 0.408. The van der Waals surface area contributed by atoms with Crippen molar-refractivity contribution in [1.82, 2.24) is 4.57 Å². The van der Waals surface area contributed by atoms with E-state index in [1.54, 1.807) is 23.6 Å². The molecule has 2 aliphatic heterocycles. The third-order valence-electron chi connectivity index (χ3n) is 7.12. The highest BCUT2D eigenvalue weighted by molar-refractivity contribution is 7.07. The second-order valence-electron chi connectivity index (χ2n) is 9.77. The van der Waals surface area contributed by atoms with Crippen molar-refractivity contribution in [2.24, 2.45) is 4.99 Å². The lowest BCUT2D eigenvalue weighted by molar-refractivity contribution is -0.880. The minimum atomic E-state index is -0.749. The summed E-state index contributed by atoms with van der Waals surface area (Å²) in [6, 6.07) is 8.53. The number of aromatic nitrogens is 1. The fourth-order valence-electron chi connectivity index (χ4n) is 5.07. The number of benzene rings is 1. The molecule has 0 saturated carbocycles. The number of carbonyl (C=O) groups excluding carboxylic acids is 1. The van der Waals surface area contributed by atoms with Crippen molar-refractivity contribution in [2.45, 2.75) is 26.8 Å². The number of quaternary nitrogens is 1. The Labute approximate surface area is 236 Å². The third kappa shape index (κ3) is 5.31. The molecule has 10 nitrogen and oxygen atoms in total. The number of hydrogen-bond donors (Lipinski definition) is 1. The van der Waals surface area contributed by atoms with Crippen LogP contribution in [0.2, 0.25) is 0 Å². The Morgan fingerprint density at radius 1 is 1.15 bits per heavy atom. The van der Waals surface area contributed by atoms with E-state index in [0.717, 1.165) is 32.1 Å². The number of nitrogens with one attached hydrogen (secondary N) is 1. The molecule has 1 aromatic carbocycles. The zero-order valence-electron chi connectivity index (χ0n) is 23.5. The Bertz CT molecular complexity index is 1610. The maximum atomic E-state index is 13.9. The number of furan rings is 1. The van der Waals surface area contributed by atoms with Gasteiger partial charge in [-0.1, -0.05) is 17.4 Å². The summed E-state index contributed by atoms with van der Waals surface area (Å²) in [6.07, 6.45) is 1.74. The average Bonchev–Trinajstić information content (AvgIpc) is 3.53. The summed E-state index contributed by atoms with van der Waals surface area (Å²) in [5.74, 6) is 1.97. The maximum absolute atomic E-state index is 13.9. The molecule has 3 aromatic rings. The third-order valence-corrected chi connectivity index (χ3v) is 8.11. The summed E-state index contributed by atoms with van der Waals surface area (Å²) in [7, 11) is 3.51. The first-order valence-electron chi connectivity index (χ1n) is 13.5. The topological polar surface area (TPSA) is 99.9 Å². The molecule has 1 saturated heterocycles. The van der Waals surface area contributed by atoms with E-state index in [-0.39, 0.29) is 5.56 Å². The Morgan fingerprint density at radius 2 is 1.88 bits per heavy atom. The van der Waals surface area contributed by atoms with Crippen molar-refractivity contribution in [1.29, 1.82) is 0 Å². The van der Waals surface area contributed by atoms with Crippen LogP contribution >= 0.6 is 11.3 Å². The van der Waals surface area contributed by atoms with Gasteiger partial charge in [0.05, 0.1) is 75.4 Å². The van der Waals surface area contributed by atoms with Gasteiger partial charge in [-0.3, -0.25) is 9.36 Å². The zero-order valence-corrected chi connectivity index (χ0v) is 24.3. The van der Waals surface area contributed by atoms with E-state index < -0.39 is 12.0 Å². The van der Waals surface area contributed by atoms with Crippen molar-refractivity contribution < 1.29 is 28.3 Å². The monoisotopic (exact) mass is 567 g/mol. The number of carbonyl (C=O) groups is 1. The van der Waals surface area contributed by atoms with Gasteiger partial charge in [0.2, 0.25) is 0 Å². The number of hydrogen-bond acceptors (Lipinski definition) is 9. The minimum absolute atomic E-state index is 0.268. The SMILES string of the molecule is CCOc1ccc(C2C(C(=O)OC)=C(C)N=c3sc(=Cc4ccc(N5CC[NH+](C)CC5)o4)c(=O)n32)cc1OCC. The summed E-state index contributed by atoms with van der Waals surface area (Å²) in [5.41, 5.74) is 1.21. The van der Waals surface area contributed by atoms with Gasteiger partial charge in [0.15, 0.2) is 22.2 Å². The molecule has 0 spiro atoms. The number of allylic oxidation sites excluding steroid dienone is 1. The fraction of sp³-hybridized carbons (Fsp3) is 0.414. The molecule has 40 heavy (non-hydrogen) atoms. The van der Waals surface area contributed by atoms with Gasteiger partial charge in [-0.05, 0) is 44.5 Å². The normalized spacial score (nSPS) is 18.0. The van der Waals surface area contributed by atoms with Crippen LogP contribution in [0.25, 0.3) is 6.08 Å². The molecule has 212 valence electrons. The Balaban J connectivity index is 1.60. The lowest BCUT2D eigenvalue weighted by Crippen LogP contribution is -3.12. The number of ether oxygens (including phenoxy) is 3. The summed E-state index contributed by atoms with van der Waals surface area (Å²) >= 11 is 1.26. The largest absolute Gasteiger partial charge is 0.490 e. The molecule has 5 rings (SSSR count). The standard InChI is InChI=1S/C29H34N4O6S/c1-6-37-21-10-8-19(16-22(21)38-7-2)26-25(28(35)36-5)18(3)30-29-33(26)27(34)23(40-29)17-20-9-11-24(39-20)32-14-12-31(4)13-15-32/h8-11,16-17,26H,6-7,12-15H2,1-5H3/p+1. The van der Waals surface area contributed by atoms with E-state index in [2.05, 4.69) is 16.9 Å². The predicted molar refractivity (Wildman–Crippen MR) is 152 cm³/mol. The Hall–Kier alpha value is -3.83. The summed E-state index contributed by atoms with van der Waals surface area (Å²) < 4.78 is 24.8. The van der Waals surface area contributed by atoms with Crippen LogP contribution in [0.4, 0.5) is 5.88 Å². The Kier molecular flexibility index (Phi) is 8.13. The molecule has 11 heteroatoms. The fourth-order valence-corrected chi connectivity index (χ4v) is 6.10. The molecule has 0 amide bonds. The molecule has 0 aliphatic carbocycles. The van der Waals surface area contributed by atoms with E-state index in [0.29, 0.717) is 56.6 Å².